The van der Waals surface area contributed by atoms with Crippen molar-refractivity contribution in [1.82, 2.24) is 9.47 Å². The molecule has 0 aromatic carbocycles. The van der Waals surface area contributed by atoms with Crippen LogP contribution < -0.4 is 0 Å². The number of nitrogens with zero attached hydrogens (tertiary/aromatic N) is 2. The molecule has 1 heterocycles. The van der Waals surface area contributed by atoms with Gasteiger partial charge >= 0.3 is 0 Å². The molecular weight excluding hydrogens is 160 g/mol. The van der Waals surface area contributed by atoms with Crippen LogP contribution in [0.1, 0.15) is 18.3 Å². The van der Waals surface area contributed by atoms with Gasteiger partial charge in [0.25, 0.3) is 0 Å². The van der Waals surface area contributed by atoms with Crippen LogP contribution in [-0.4, -0.2) is 29.6 Å². The number of likely N-dealkylation sites (N-methyl/N-ethyl adjacent to an activating group) is 1. The van der Waals surface area contributed by atoms with Crippen molar-refractivity contribution in [2.45, 2.75) is 27.3 Å². The maximum Gasteiger partial charge on any atom is 0.0352 e. The van der Waals surface area contributed by atoms with Gasteiger partial charge in [0.15, 0.2) is 0 Å². The molecule has 1 aromatic heterocycles. The van der Waals surface area contributed by atoms with Crippen molar-refractivity contribution in [3.63, 3.8) is 0 Å². The smallest absolute Gasteiger partial charge is 0.0352 e. The SMILES string of the molecule is CCN(C)CCn1c(C)ccc1C. The second-order valence-corrected chi connectivity index (χ2v) is 3.66. The van der Waals surface area contributed by atoms with E-state index in [1.807, 2.05) is 0 Å². The predicted octanol–water partition coefficient (Wildman–Crippen LogP) is 2.06. The van der Waals surface area contributed by atoms with Gasteiger partial charge in [0, 0.05) is 24.5 Å². The first kappa shape index (κ1) is 10.3. The van der Waals surface area contributed by atoms with Gasteiger partial charge in [0.1, 0.15) is 0 Å². The maximum atomic E-state index is 2.37. The lowest BCUT2D eigenvalue weighted by Gasteiger charge is -2.16. The Morgan fingerprint density at radius 1 is 1.23 bits per heavy atom. The maximum absolute atomic E-state index is 2.37. The minimum atomic E-state index is 1.11. The molecule has 0 fully saturated rings. The van der Waals surface area contributed by atoms with E-state index in [1.54, 1.807) is 0 Å². The number of aromatic nitrogens is 1. The van der Waals surface area contributed by atoms with Gasteiger partial charge in [0.05, 0.1) is 0 Å². The Labute approximate surface area is 81.2 Å². The lowest BCUT2D eigenvalue weighted by molar-refractivity contribution is 0.333. The van der Waals surface area contributed by atoms with E-state index in [4.69, 9.17) is 0 Å². The minimum Gasteiger partial charge on any atom is -0.348 e. The number of rotatable bonds is 4. The van der Waals surface area contributed by atoms with Crippen molar-refractivity contribution < 1.29 is 0 Å². The molecule has 0 saturated heterocycles. The fourth-order valence-electron chi connectivity index (χ4n) is 1.48. The molecule has 13 heavy (non-hydrogen) atoms. The molecule has 74 valence electrons. The Morgan fingerprint density at radius 3 is 2.23 bits per heavy atom. The van der Waals surface area contributed by atoms with Crippen molar-refractivity contribution in [2.24, 2.45) is 0 Å². The van der Waals surface area contributed by atoms with Gasteiger partial charge in [-0.2, -0.15) is 0 Å². The van der Waals surface area contributed by atoms with Crippen LogP contribution in [0.5, 0.6) is 0 Å². The van der Waals surface area contributed by atoms with Crippen LogP contribution in [0.3, 0.4) is 0 Å². The second kappa shape index (κ2) is 4.47. The highest BCUT2D eigenvalue weighted by Gasteiger charge is 2.01. The first-order valence-electron chi connectivity index (χ1n) is 4.96. The summed E-state index contributed by atoms with van der Waals surface area (Å²) in [6.07, 6.45) is 0. The van der Waals surface area contributed by atoms with Crippen LogP contribution in [0, 0.1) is 13.8 Å². The van der Waals surface area contributed by atoms with E-state index in [1.165, 1.54) is 11.4 Å². The van der Waals surface area contributed by atoms with Gasteiger partial charge in [-0.15, -0.1) is 0 Å². The van der Waals surface area contributed by atoms with Crippen molar-refractivity contribution >= 4 is 0 Å². The summed E-state index contributed by atoms with van der Waals surface area (Å²) >= 11 is 0. The molecule has 2 nitrogen and oxygen atoms in total. The lowest BCUT2D eigenvalue weighted by atomic mass is 10.4. The zero-order chi connectivity index (χ0) is 9.84. The largest absolute Gasteiger partial charge is 0.348 e. The van der Waals surface area contributed by atoms with E-state index >= 15 is 0 Å². The molecule has 0 atom stereocenters. The molecule has 0 unspecified atom stereocenters. The predicted molar refractivity (Wildman–Crippen MR) is 57.1 cm³/mol. The molecule has 0 radical (unpaired) electrons. The highest BCUT2D eigenvalue weighted by Crippen LogP contribution is 2.06. The summed E-state index contributed by atoms with van der Waals surface area (Å²) in [6, 6.07) is 4.36. The van der Waals surface area contributed by atoms with E-state index in [0.717, 1.165) is 19.6 Å². The first-order valence-corrected chi connectivity index (χ1v) is 4.96. The standard InChI is InChI=1S/C11H20N2/c1-5-12(4)8-9-13-10(2)6-7-11(13)3/h6-7H,5,8-9H2,1-4H3. The molecule has 0 spiro atoms. The fraction of sp³-hybridized carbons (Fsp3) is 0.636. The third kappa shape index (κ3) is 2.59. The topological polar surface area (TPSA) is 8.17 Å². The Kier molecular flexibility index (Phi) is 3.55. The minimum absolute atomic E-state index is 1.11. The van der Waals surface area contributed by atoms with Crippen LogP contribution in [0.15, 0.2) is 12.1 Å². The van der Waals surface area contributed by atoms with E-state index in [2.05, 4.69) is 49.4 Å². The molecule has 0 bridgehead atoms. The summed E-state index contributed by atoms with van der Waals surface area (Å²) in [5, 5.41) is 0. The van der Waals surface area contributed by atoms with Crippen LogP contribution in [-0.2, 0) is 6.54 Å². The average Bonchev–Trinajstić information content (AvgIpc) is 2.43. The molecule has 0 aliphatic carbocycles. The summed E-state index contributed by atoms with van der Waals surface area (Å²) < 4.78 is 2.37. The van der Waals surface area contributed by atoms with E-state index < -0.39 is 0 Å². The monoisotopic (exact) mass is 180 g/mol. The van der Waals surface area contributed by atoms with Crippen molar-refractivity contribution in [1.29, 1.82) is 0 Å². The highest BCUT2D eigenvalue weighted by atomic mass is 15.1. The van der Waals surface area contributed by atoms with Crippen molar-refractivity contribution in [2.75, 3.05) is 20.1 Å². The Morgan fingerprint density at radius 2 is 1.77 bits per heavy atom. The molecule has 0 amide bonds. The fourth-order valence-corrected chi connectivity index (χ4v) is 1.48. The van der Waals surface area contributed by atoms with E-state index in [0.29, 0.717) is 0 Å². The van der Waals surface area contributed by atoms with E-state index in [9.17, 15) is 0 Å². The summed E-state index contributed by atoms with van der Waals surface area (Å²) in [6.45, 7) is 9.88. The molecule has 1 rings (SSSR count). The van der Waals surface area contributed by atoms with Crippen LogP contribution in [0.2, 0.25) is 0 Å². The van der Waals surface area contributed by atoms with Crippen LogP contribution in [0.25, 0.3) is 0 Å². The number of aryl methyl sites for hydroxylation is 2. The van der Waals surface area contributed by atoms with Crippen LogP contribution >= 0.6 is 0 Å². The molecule has 2 heteroatoms. The molecule has 0 saturated carbocycles. The Hall–Kier alpha value is -0.760. The number of hydrogen-bond donors (Lipinski definition) is 0. The second-order valence-electron chi connectivity index (χ2n) is 3.66. The lowest BCUT2D eigenvalue weighted by Crippen LogP contribution is -2.23. The third-order valence-corrected chi connectivity index (χ3v) is 2.66. The molecule has 1 aromatic rings. The Bertz CT molecular complexity index is 244. The molecule has 0 aliphatic heterocycles. The molecule has 0 N–H and O–H groups in total. The van der Waals surface area contributed by atoms with Gasteiger partial charge in [-0.3, -0.25) is 0 Å². The van der Waals surface area contributed by atoms with Gasteiger partial charge in [-0.1, -0.05) is 6.92 Å². The van der Waals surface area contributed by atoms with Crippen molar-refractivity contribution in [3.8, 4) is 0 Å². The van der Waals surface area contributed by atoms with Gasteiger partial charge in [-0.25, -0.2) is 0 Å². The zero-order valence-electron chi connectivity index (χ0n) is 9.17. The van der Waals surface area contributed by atoms with Gasteiger partial charge in [0.2, 0.25) is 0 Å². The molecular formula is C11H20N2. The normalized spacial score (nSPS) is 11.2. The first-order chi connectivity index (χ1) is 6.15. The average molecular weight is 180 g/mol. The molecule has 0 aliphatic rings. The zero-order valence-corrected chi connectivity index (χ0v) is 9.17. The summed E-state index contributed by atoms with van der Waals surface area (Å²) in [5.41, 5.74) is 2.73. The third-order valence-electron chi connectivity index (χ3n) is 2.66. The highest BCUT2D eigenvalue weighted by molar-refractivity contribution is 5.13. The van der Waals surface area contributed by atoms with Gasteiger partial charge in [-0.05, 0) is 39.6 Å². The quantitative estimate of drug-likeness (QED) is 0.688. The van der Waals surface area contributed by atoms with E-state index in [-0.39, 0.29) is 0 Å². The summed E-state index contributed by atoms with van der Waals surface area (Å²) in [4.78, 5) is 2.33. The summed E-state index contributed by atoms with van der Waals surface area (Å²) in [7, 11) is 2.16. The van der Waals surface area contributed by atoms with Crippen LogP contribution in [0.4, 0.5) is 0 Å². The van der Waals surface area contributed by atoms with Crippen molar-refractivity contribution in [3.05, 3.63) is 23.5 Å². The number of hydrogen-bond acceptors (Lipinski definition) is 1. The van der Waals surface area contributed by atoms with Gasteiger partial charge < -0.3 is 9.47 Å². The Balaban J connectivity index is 2.53. The summed E-state index contributed by atoms with van der Waals surface area (Å²) in [5.74, 6) is 0.